The maximum atomic E-state index is 4.85. The molecule has 0 saturated carbocycles. The second kappa shape index (κ2) is 6.28. The summed E-state index contributed by atoms with van der Waals surface area (Å²) in [5.41, 5.74) is 2.43. The molecule has 116 valence electrons. The van der Waals surface area contributed by atoms with Gasteiger partial charge < -0.3 is 5.32 Å². The van der Waals surface area contributed by atoms with E-state index in [1.54, 1.807) is 11.3 Å². The Kier molecular flexibility index (Phi) is 4.84. The zero-order valence-corrected chi connectivity index (χ0v) is 14.7. The highest BCUT2D eigenvalue weighted by molar-refractivity contribution is 7.09. The minimum absolute atomic E-state index is 0.0909. The zero-order chi connectivity index (χ0) is 15.6. The molecule has 0 aliphatic carbocycles. The first kappa shape index (κ1) is 16.2. The van der Waals surface area contributed by atoms with Gasteiger partial charge in [-0.2, -0.15) is 5.10 Å². The molecule has 0 spiro atoms. The van der Waals surface area contributed by atoms with Gasteiger partial charge in [-0.25, -0.2) is 4.98 Å². The lowest BCUT2D eigenvalue weighted by molar-refractivity contribution is 0.530. The van der Waals surface area contributed by atoms with Crippen LogP contribution in [0.1, 0.15) is 69.9 Å². The van der Waals surface area contributed by atoms with Crippen LogP contribution in [0.25, 0.3) is 0 Å². The fourth-order valence-corrected chi connectivity index (χ4v) is 3.25. The van der Waals surface area contributed by atoms with Gasteiger partial charge in [-0.3, -0.25) is 4.68 Å². The molecule has 0 fully saturated rings. The van der Waals surface area contributed by atoms with Crippen LogP contribution in [-0.4, -0.2) is 21.3 Å². The second-order valence-corrected chi connectivity index (χ2v) is 7.55. The SMILES string of the molecule is CCNC(c1cnn(C(C)C)c1)c1nc(C(C)(C)C)cs1. The third-order valence-corrected chi connectivity index (χ3v) is 4.34. The Morgan fingerprint density at radius 3 is 2.52 bits per heavy atom. The lowest BCUT2D eigenvalue weighted by Gasteiger charge is -2.16. The van der Waals surface area contributed by atoms with Crippen molar-refractivity contribution in [3.63, 3.8) is 0 Å². The van der Waals surface area contributed by atoms with Crippen LogP contribution < -0.4 is 5.32 Å². The molecule has 0 bridgehead atoms. The quantitative estimate of drug-likeness (QED) is 0.910. The van der Waals surface area contributed by atoms with Gasteiger partial charge in [0.25, 0.3) is 0 Å². The van der Waals surface area contributed by atoms with Crippen molar-refractivity contribution in [3.05, 3.63) is 34.0 Å². The van der Waals surface area contributed by atoms with Crippen molar-refractivity contribution in [1.29, 1.82) is 0 Å². The summed E-state index contributed by atoms with van der Waals surface area (Å²) in [6, 6.07) is 0.506. The summed E-state index contributed by atoms with van der Waals surface area (Å²) in [4.78, 5) is 4.85. The van der Waals surface area contributed by atoms with Crippen molar-refractivity contribution in [1.82, 2.24) is 20.1 Å². The topological polar surface area (TPSA) is 42.7 Å². The highest BCUT2D eigenvalue weighted by Gasteiger charge is 2.23. The van der Waals surface area contributed by atoms with E-state index in [2.05, 4.69) is 63.5 Å². The van der Waals surface area contributed by atoms with Crippen molar-refractivity contribution in [2.24, 2.45) is 0 Å². The molecule has 0 amide bonds. The number of nitrogens with one attached hydrogen (secondary N) is 1. The number of nitrogens with zero attached hydrogens (tertiary/aromatic N) is 3. The van der Waals surface area contributed by atoms with Crippen molar-refractivity contribution in [2.75, 3.05) is 6.54 Å². The normalized spacial score (nSPS) is 13.9. The van der Waals surface area contributed by atoms with E-state index in [-0.39, 0.29) is 11.5 Å². The van der Waals surface area contributed by atoms with E-state index in [9.17, 15) is 0 Å². The molecule has 0 radical (unpaired) electrons. The molecule has 2 rings (SSSR count). The molecule has 0 saturated heterocycles. The summed E-state index contributed by atoms with van der Waals surface area (Å²) in [7, 11) is 0. The average Bonchev–Trinajstić information content (AvgIpc) is 3.04. The Morgan fingerprint density at radius 1 is 1.33 bits per heavy atom. The van der Waals surface area contributed by atoms with Crippen LogP contribution in [0, 0.1) is 0 Å². The molecule has 0 aliphatic rings. The standard InChI is InChI=1S/C16H26N4S/c1-7-17-14(12-8-18-20(9-12)11(2)3)15-19-13(10-21-15)16(4,5)6/h8-11,14,17H,7H2,1-6H3. The smallest absolute Gasteiger partial charge is 0.115 e. The van der Waals surface area contributed by atoms with Crippen LogP contribution in [0.15, 0.2) is 17.8 Å². The van der Waals surface area contributed by atoms with Crippen LogP contribution in [-0.2, 0) is 5.41 Å². The van der Waals surface area contributed by atoms with E-state index in [1.165, 1.54) is 5.56 Å². The van der Waals surface area contributed by atoms with Crippen LogP contribution in [0.3, 0.4) is 0 Å². The Labute approximate surface area is 131 Å². The molecule has 1 N–H and O–H groups in total. The summed E-state index contributed by atoms with van der Waals surface area (Å²) < 4.78 is 2.00. The lowest BCUT2D eigenvalue weighted by Crippen LogP contribution is -2.22. The van der Waals surface area contributed by atoms with E-state index in [4.69, 9.17) is 4.98 Å². The summed E-state index contributed by atoms with van der Waals surface area (Å²) >= 11 is 1.73. The molecule has 2 heterocycles. The second-order valence-electron chi connectivity index (χ2n) is 6.66. The molecule has 1 atom stereocenters. The molecule has 2 aromatic rings. The largest absolute Gasteiger partial charge is 0.304 e. The maximum Gasteiger partial charge on any atom is 0.115 e. The summed E-state index contributed by atoms with van der Waals surface area (Å²) in [6.07, 6.45) is 4.07. The Balaban J connectivity index is 2.31. The monoisotopic (exact) mass is 306 g/mol. The first-order chi connectivity index (χ1) is 9.82. The summed E-state index contributed by atoms with van der Waals surface area (Å²) in [6.45, 7) is 13.9. The number of thiazole rings is 1. The first-order valence-corrected chi connectivity index (χ1v) is 8.44. The molecule has 4 nitrogen and oxygen atoms in total. The molecule has 0 aromatic carbocycles. The van der Waals surface area contributed by atoms with Crippen LogP contribution in [0.2, 0.25) is 0 Å². The third kappa shape index (κ3) is 3.71. The highest BCUT2D eigenvalue weighted by atomic mass is 32.1. The summed E-state index contributed by atoms with van der Waals surface area (Å²) in [5, 5.41) is 11.3. The minimum Gasteiger partial charge on any atom is -0.304 e. The summed E-state index contributed by atoms with van der Waals surface area (Å²) in [5.74, 6) is 0. The van der Waals surface area contributed by atoms with Crippen LogP contribution in [0.4, 0.5) is 0 Å². The Hall–Kier alpha value is -1.20. The lowest BCUT2D eigenvalue weighted by atomic mass is 9.93. The predicted molar refractivity (Wildman–Crippen MR) is 88.9 cm³/mol. The van der Waals surface area contributed by atoms with Gasteiger partial charge in [0.15, 0.2) is 0 Å². The first-order valence-electron chi connectivity index (χ1n) is 7.56. The number of hydrogen-bond acceptors (Lipinski definition) is 4. The van der Waals surface area contributed by atoms with E-state index in [0.717, 1.165) is 17.2 Å². The minimum atomic E-state index is 0.0909. The predicted octanol–water partition coefficient (Wildman–Crippen LogP) is 3.92. The van der Waals surface area contributed by atoms with Gasteiger partial charge in [0, 0.05) is 28.6 Å². The molecule has 5 heteroatoms. The fourth-order valence-electron chi connectivity index (χ4n) is 2.10. The van der Waals surface area contributed by atoms with Crippen molar-refractivity contribution < 1.29 is 0 Å². The number of hydrogen-bond donors (Lipinski definition) is 1. The highest BCUT2D eigenvalue weighted by Crippen LogP contribution is 2.30. The molecule has 0 aliphatic heterocycles. The van der Waals surface area contributed by atoms with Crippen LogP contribution in [0.5, 0.6) is 0 Å². The van der Waals surface area contributed by atoms with Crippen molar-refractivity contribution >= 4 is 11.3 Å². The molecular weight excluding hydrogens is 280 g/mol. The zero-order valence-electron chi connectivity index (χ0n) is 13.8. The van der Waals surface area contributed by atoms with Gasteiger partial charge in [-0.05, 0) is 20.4 Å². The maximum absolute atomic E-state index is 4.85. The third-order valence-electron chi connectivity index (χ3n) is 3.43. The van der Waals surface area contributed by atoms with Crippen molar-refractivity contribution in [3.8, 4) is 0 Å². The Bertz CT molecular complexity index is 577. The van der Waals surface area contributed by atoms with Gasteiger partial charge in [-0.1, -0.05) is 27.7 Å². The van der Waals surface area contributed by atoms with E-state index < -0.39 is 0 Å². The van der Waals surface area contributed by atoms with E-state index in [1.807, 2.05) is 10.9 Å². The van der Waals surface area contributed by atoms with Gasteiger partial charge >= 0.3 is 0 Å². The van der Waals surface area contributed by atoms with Gasteiger partial charge in [0.1, 0.15) is 5.01 Å². The van der Waals surface area contributed by atoms with Gasteiger partial charge in [-0.15, -0.1) is 11.3 Å². The van der Waals surface area contributed by atoms with Gasteiger partial charge in [0.2, 0.25) is 0 Å². The number of rotatable bonds is 5. The molecular formula is C16H26N4S. The molecule has 1 unspecified atom stereocenters. The fraction of sp³-hybridized carbons (Fsp3) is 0.625. The van der Waals surface area contributed by atoms with Crippen LogP contribution >= 0.6 is 11.3 Å². The average molecular weight is 306 g/mol. The number of aromatic nitrogens is 3. The molecule has 21 heavy (non-hydrogen) atoms. The van der Waals surface area contributed by atoms with Gasteiger partial charge in [0.05, 0.1) is 17.9 Å². The van der Waals surface area contributed by atoms with Crippen molar-refractivity contribution in [2.45, 2.75) is 59.0 Å². The molecule has 2 aromatic heterocycles. The van der Waals surface area contributed by atoms with E-state index in [0.29, 0.717) is 6.04 Å². The Morgan fingerprint density at radius 2 is 2.05 bits per heavy atom. The van der Waals surface area contributed by atoms with E-state index >= 15 is 0 Å².